The van der Waals surface area contributed by atoms with Crippen molar-refractivity contribution in [1.29, 1.82) is 0 Å². The lowest BCUT2D eigenvalue weighted by Gasteiger charge is -2.10. The maximum atomic E-state index is 12.2. The molecule has 0 atom stereocenters. The Morgan fingerprint density at radius 3 is 2.17 bits per heavy atom. The largest absolute Gasteiger partial charge is 0.493 e. The van der Waals surface area contributed by atoms with Crippen LogP contribution in [0.3, 0.4) is 0 Å². The van der Waals surface area contributed by atoms with Crippen LogP contribution >= 0.6 is 0 Å². The molecule has 0 unspecified atom stereocenters. The molecule has 0 aromatic heterocycles. The van der Waals surface area contributed by atoms with Gasteiger partial charge in [0.1, 0.15) is 0 Å². The third-order valence-electron chi connectivity index (χ3n) is 3.52. The van der Waals surface area contributed by atoms with Crippen LogP contribution in [-0.2, 0) is 0 Å². The van der Waals surface area contributed by atoms with Crippen molar-refractivity contribution in [3.8, 4) is 11.5 Å². The van der Waals surface area contributed by atoms with Gasteiger partial charge in [-0.15, -0.1) is 0 Å². The van der Waals surface area contributed by atoms with Crippen LogP contribution in [0.15, 0.2) is 42.5 Å². The average Bonchev–Trinajstić information content (AvgIpc) is 2.61. The number of hydrogen-bond donors (Lipinski definition) is 2. The maximum Gasteiger partial charge on any atom is 0.335 e. The average molecular weight is 329 g/mol. The molecule has 0 amide bonds. The predicted octanol–water partition coefficient (Wildman–Crippen LogP) is 3.09. The fourth-order valence-corrected chi connectivity index (χ4v) is 2.21. The van der Waals surface area contributed by atoms with Gasteiger partial charge in [0.05, 0.1) is 19.8 Å². The van der Waals surface area contributed by atoms with Crippen LogP contribution < -0.4 is 14.8 Å². The minimum Gasteiger partial charge on any atom is -0.493 e. The van der Waals surface area contributed by atoms with Gasteiger partial charge in [0, 0.05) is 24.2 Å². The van der Waals surface area contributed by atoms with Crippen LogP contribution in [0.1, 0.15) is 27.1 Å². The highest BCUT2D eigenvalue weighted by molar-refractivity contribution is 5.97. The van der Waals surface area contributed by atoms with E-state index in [1.165, 1.54) is 19.2 Å². The smallest absolute Gasteiger partial charge is 0.335 e. The van der Waals surface area contributed by atoms with Gasteiger partial charge in [-0.2, -0.15) is 0 Å². The van der Waals surface area contributed by atoms with Crippen molar-refractivity contribution in [2.24, 2.45) is 0 Å². The number of carboxylic acids is 1. The summed E-state index contributed by atoms with van der Waals surface area (Å²) in [4.78, 5) is 23.0. The highest BCUT2D eigenvalue weighted by Gasteiger charge is 2.10. The first kappa shape index (κ1) is 17.3. The summed E-state index contributed by atoms with van der Waals surface area (Å²) in [5.74, 6) is 0.0991. The van der Waals surface area contributed by atoms with Crippen LogP contribution in [0.2, 0.25) is 0 Å². The SMILES string of the molecule is COc1ccc(C(=O)CCNc2ccc(C(=O)O)cc2)cc1OC. The Morgan fingerprint density at radius 2 is 1.58 bits per heavy atom. The molecule has 24 heavy (non-hydrogen) atoms. The summed E-state index contributed by atoms with van der Waals surface area (Å²) in [7, 11) is 3.06. The fourth-order valence-electron chi connectivity index (χ4n) is 2.21. The molecule has 126 valence electrons. The van der Waals surface area contributed by atoms with Crippen molar-refractivity contribution in [3.63, 3.8) is 0 Å². The number of anilines is 1. The molecule has 0 heterocycles. The monoisotopic (exact) mass is 329 g/mol. The van der Waals surface area contributed by atoms with Crippen LogP contribution in [0.4, 0.5) is 5.69 Å². The molecular formula is C18H19NO5. The number of nitrogens with one attached hydrogen (secondary N) is 1. The number of carboxylic acid groups (broad SMARTS) is 1. The molecule has 2 N–H and O–H groups in total. The van der Waals surface area contributed by atoms with E-state index in [1.54, 1.807) is 37.4 Å². The summed E-state index contributed by atoms with van der Waals surface area (Å²) in [6.45, 7) is 0.444. The summed E-state index contributed by atoms with van der Waals surface area (Å²) in [6.07, 6.45) is 0.302. The van der Waals surface area contributed by atoms with Gasteiger partial charge in [0.2, 0.25) is 0 Å². The first-order valence-corrected chi connectivity index (χ1v) is 7.37. The molecule has 0 saturated carbocycles. The number of aromatic carboxylic acids is 1. The quantitative estimate of drug-likeness (QED) is 0.724. The Labute approximate surface area is 140 Å². The lowest BCUT2D eigenvalue weighted by molar-refractivity contribution is 0.0696. The molecule has 2 rings (SSSR count). The minimum absolute atomic E-state index is 0.0226. The molecule has 2 aromatic rings. The number of methoxy groups -OCH3 is 2. The molecule has 0 fully saturated rings. The highest BCUT2D eigenvalue weighted by atomic mass is 16.5. The van der Waals surface area contributed by atoms with E-state index in [4.69, 9.17) is 14.6 Å². The summed E-state index contributed by atoms with van der Waals surface area (Å²) >= 11 is 0. The summed E-state index contributed by atoms with van der Waals surface area (Å²) in [5.41, 5.74) is 1.54. The first-order chi connectivity index (χ1) is 11.5. The zero-order valence-corrected chi connectivity index (χ0v) is 13.5. The molecule has 0 saturated heterocycles. The van der Waals surface area contributed by atoms with Crippen molar-refractivity contribution in [2.45, 2.75) is 6.42 Å². The normalized spacial score (nSPS) is 10.1. The van der Waals surface area contributed by atoms with Crippen molar-refractivity contribution >= 4 is 17.4 Å². The third kappa shape index (κ3) is 4.25. The van der Waals surface area contributed by atoms with E-state index in [-0.39, 0.29) is 11.3 Å². The Balaban J connectivity index is 1.92. The molecule has 6 nitrogen and oxygen atoms in total. The zero-order chi connectivity index (χ0) is 17.5. The summed E-state index contributed by atoms with van der Waals surface area (Å²) in [5, 5.41) is 11.9. The van der Waals surface area contributed by atoms with Crippen LogP contribution in [0, 0.1) is 0 Å². The van der Waals surface area contributed by atoms with Gasteiger partial charge in [-0.05, 0) is 42.5 Å². The predicted molar refractivity (Wildman–Crippen MR) is 90.4 cm³/mol. The second-order valence-electron chi connectivity index (χ2n) is 5.05. The molecule has 0 aliphatic heterocycles. The standard InChI is InChI=1S/C18H19NO5/c1-23-16-8-5-13(11-17(16)24-2)15(20)9-10-19-14-6-3-12(4-7-14)18(21)22/h3-8,11,19H,9-10H2,1-2H3,(H,21,22). The van der Waals surface area contributed by atoms with Gasteiger partial charge in [-0.3, -0.25) is 4.79 Å². The van der Waals surface area contributed by atoms with E-state index >= 15 is 0 Å². The second kappa shape index (κ2) is 8.01. The van der Waals surface area contributed by atoms with Crippen molar-refractivity contribution in [1.82, 2.24) is 0 Å². The molecule has 6 heteroatoms. The summed E-state index contributed by atoms with van der Waals surface area (Å²) < 4.78 is 10.3. The number of benzene rings is 2. The number of hydrogen-bond acceptors (Lipinski definition) is 5. The number of carbonyl (C=O) groups is 2. The number of Topliss-reactive ketones (excluding diaryl/α,β-unsaturated/α-hetero) is 1. The van der Waals surface area contributed by atoms with Gasteiger partial charge in [0.25, 0.3) is 0 Å². The molecular weight excluding hydrogens is 310 g/mol. The lowest BCUT2D eigenvalue weighted by atomic mass is 10.1. The lowest BCUT2D eigenvalue weighted by Crippen LogP contribution is -2.09. The third-order valence-corrected chi connectivity index (χ3v) is 3.52. The molecule has 2 aromatic carbocycles. The number of carbonyl (C=O) groups excluding carboxylic acids is 1. The van der Waals surface area contributed by atoms with Crippen molar-refractivity contribution < 1.29 is 24.2 Å². The molecule has 0 bridgehead atoms. The van der Waals surface area contributed by atoms with Crippen LogP contribution in [0.5, 0.6) is 11.5 Å². The Kier molecular flexibility index (Phi) is 5.78. The molecule has 0 aliphatic rings. The first-order valence-electron chi connectivity index (χ1n) is 7.37. The zero-order valence-electron chi connectivity index (χ0n) is 13.5. The van der Waals surface area contributed by atoms with E-state index < -0.39 is 5.97 Å². The number of rotatable bonds is 8. The second-order valence-corrected chi connectivity index (χ2v) is 5.05. The van der Waals surface area contributed by atoms with Crippen molar-refractivity contribution in [3.05, 3.63) is 53.6 Å². The van der Waals surface area contributed by atoms with Gasteiger partial charge in [-0.1, -0.05) is 0 Å². The van der Waals surface area contributed by atoms with Crippen molar-refractivity contribution in [2.75, 3.05) is 26.1 Å². The van der Waals surface area contributed by atoms with Gasteiger partial charge in [0.15, 0.2) is 17.3 Å². The van der Waals surface area contributed by atoms with Gasteiger partial charge < -0.3 is 19.9 Å². The minimum atomic E-state index is -0.967. The van der Waals surface area contributed by atoms with E-state index in [0.717, 1.165) is 5.69 Å². The van der Waals surface area contributed by atoms with E-state index in [1.807, 2.05) is 0 Å². The summed E-state index contributed by atoms with van der Waals surface area (Å²) in [6, 6.07) is 11.4. The Morgan fingerprint density at radius 1 is 0.958 bits per heavy atom. The molecule has 0 radical (unpaired) electrons. The van der Waals surface area contributed by atoms with Crippen LogP contribution in [0.25, 0.3) is 0 Å². The number of ether oxygens (including phenoxy) is 2. The van der Waals surface area contributed by atoms with E-state index in [0.29, 0.717) is 30.0 Å². The molecule has 0 aliphatic carbocycles. The van der Waals surface area contributed by atoms with Gasteiger partial charge in [-0.25, -0.2) is 4.79 Å². The topological polar surface area (TPSA) is 84.9 Å². The van der Waals surface area contributed by atoms with E-state index in [9.17, 15) is 9.59 Å². The Hall–Kier alpha value is -3.02. The van der Waals surface area contributed by atoms with Crippen LogP contribution in [-0.4, -0.2) is 37.6 Å². The van der Waals surface area contributed by atoms with E-state index in [2.05, 4.69) is 5.32 Å². The highest BCUT2D eigenvalue weighted by Crippen LogP contribution is 2.28. The fraction of sp³-hybridized carbons (Fsp3) is 0.222. The Bertz CT molecular complexity index is 725. The maximum absolute atomic E-state index is 12.2. The molecule has 0 spiro atoms. The van der Waals surface area contributed by atoms with Gasteiger partial charge >= 0.3 is 5.97 Å². The number of ketones is 1.